The molecule has 32 heavy (non-hydrogen) atoms. The number of nitrogens with zero attached hydrogens (tertiary/aromatic N) is 2. The van der Waals surface area contributed by atoms with Gasteiger partial charge in [-0.25, -0.2) is 4.79 Å². The van der Waals surface area contributed by atoms with Crippen molar-refractivity contribution in [2.45, 2.75) is 52.9 Å². The van der Waals surface area contributed by atoms with Crippen LogP contribution in [0.25, 0.3) is 0 Å². The molecule has 1 amide bonds. The van der Waals surface area contributed by atoms with Gasteiger partial charge in [0.1, 0.15) is 6.61 Å². The molecular formula is C26H34N2O4. The van der Waals surface area contributed by atoms with Crippen molar-refractivity contribution in [3.8, 4) is 0 Å². The number of fused-ring (bicyclic) bond motifs is 1. The molecule has 6 nitrogen and oxygen atoms in total. The van der Waals surface area contributed by atoms with Crippen LogP contribution in [0.4, 0.5) is 0 Å². The van der Waals surface area contributed by atoms with Gasteiger partial charge in [-0.05, 0) is 62.7 Å². The number of benzene rings is 1. The second kappa shape index (κ2) is 11.7. The predicted molar refractivity (Wildman–Crippen MR) is 126 cm³/mol. The number of oxime groups is 1. The third-order valence-electron chi connectivity index (χ3n) is 5.81. The van der Waals surface area contributed by atoms with E-state index in [1.165, 1.54) is 6.42 Å². The number of hydrogen-bond acceptors (Lipinski definition) is 5. The number of cyclic esters (lactones) is 1. The summed E-state index contributed by atoms with van der Waals surface area (Å²) in [4.78, 5) is 32.5. The Morgan fingerprint density at radius 3 is 2.75 bits per heavy atom. The molecule has 1 unspecified atom stereocenters. The summed E-state index contributed by atoms with van der Waals surface area (Å²) in [5, 5.41) is 4.29. The monoisotopic (exact) mass is 438 g/mol. The normalized spacial score (nSPS) is 22.2. The summed E-state index contributed by atoms with van der Waals surface area (Å²) in [6.07, 6.45) is 12.4. The molecular weight excluding hydrogens is 404 g/mol. The second-order valence-corrected chi connectivity index (χ2v) is 8.73. The van der Waals surface area contributed by atoms with Gasteiger partial charge in [0, 0.05) is 19.5 Å². The smallest absolute Gasteiger partial charge is 0.339 e. The van der Waals surface area contributed by atoms with E-state index in [-0.39, 0.29) is 25.1 Å². The van der Waals surface area contributed by atoms with Crippen LogP contribution in [0, 0.1) is 19.8 Å². The molecule has 2 heterocycles. The molecule has 1 fully saturated rings. The Kier molecular flexibility index (Phi) is 8.65. The lowest BCUT2D eigenvalue weighted by molar-refractivity contribution is -0.137. The topological polar surface area (TPSA) is 68.2 Å². The standard InChI is InChI=1S/C26H34N2O4/c1-19-9-7-11-23(27-32-18-24(29)28-12-5-4-6-13-28)17-22-16-20(2)15-21(3)25(22)26(30)31-14-8-10-19/h7-8,10-11,15-16,19H,4-6,9,12-14,17-18H2,1-3H3/b10-8?,11-7+,27-23-. The van der Waals surface area contributed by atoms with Gasteiger partial charge in [-0.3, -0.25) is 4.79 Å². The predicted octanol–water partition coefficient (Wildman–Crippen LogP) is 4.54. The zero-order valence-corrected chi connectivity index (χ0v) is 19.4. The molecule has 3 rings (SSSR count). The summed E-state index contributed by atoms with van der Waals surface area (Å²) in [7, 11) is 0. The lowest BCUT2D eigenvalue weighted by Gasteiger charge is -2.26. The summed E-state index contributed by atoms with van der Waals surface area (Å²) in [5.41, 5.74) is 4.03. The number of carbonyl (C=O) groups excluding carboxylic acids is 2. The summed E-state index contributed by atoms with van der Waals surface area (Å²) < 4.78 is 5.50. The average molecular weight is 439 g/mol. The first-order chi connectivity index (χ1) is 15.4. The van der Waals surface area contributed by atoms with Crippen LogP contribution in [0.2, 0.25) is 0 Å². The minimum Gasteiger partial charge on any atom is -0.458 e. The number of hydrogen-bond donors (Lipinski definition) is 0. The van der Waals surface area contributed by atoms with Gasteiger partial charge in [-0.2, -0.15) is 0 Å². The third-order valence-corrected chi connectivity index (χ3v) is 5.81. The van der Waals surface area contributed by atoms with Crippen molar-refractivity contribution in [3.05, 3.63) is 58.7 Å². The zero-order chi connectivity index (χ0) is 22.9. The van der Waals surface area contributed by atoms with Crippen LogP contribution in [-0.4, -0.2) is 48.8 Å². The minimum atomic E-state index is -0.335. The lowest BCUT2D eigenvalue weighted by atomic mass is 9.95. The number of rotatable bonds is 3. The zero-order valence-electron chi connectivity index (χ0n) is 19.4. The molecule has 6 heteroatoms. The van der Waals surface area contributed by atoms with Crippen LogP contribution in [0.3, 0.4) is 0 Å². The van der Waals surface area contributed by atoms with Crippen LogP contribution in [0.15, 0.2) is 41.6 Å². The third kappa shape index (κ3) is 6.81. The van der Waals surface area contributed by atoms with Crippen LogP contribution in [0.1, 0.15) is 59.7 Å². The highest BCUT2D eigenvalue weighted by Crippen LogP contribution is 2.21. The number of ether oxygens (including phenoxy) is 1. The molecule has 1 atom stereocenters. The molecule has 1 aromatic carbocycles. The van der Waals surface area contributed by atoms with E-state index in [1.54, 1.807) is 0 Å². The number of carbonyl (C=O) groups is 2. The van der Waals surface area contributed by atoms with E-state index in [0.29, 0.717) is 23.6 Å². The Hall–Kier alpha value is -2.89. The number of piperidine rings is 1. The van der Waals surface area contributed by atoms with Crippen molar-refractivity contribution in [3.63, 3.8) is 0 Å². The van der Waals surface area contributed by atoms with Crippen molar-refractivity contribution in [1.29, 1.82) is 0 Å². The molecule has 2 aliphatic rings. The molecule has 0 bridgehead atoms. The summed E-state index contributed by atoms with van der Waals surface area (Å²) >= 11 is 0. The Balaban J connectivity index is 1.83. The minimum absolute atomic E-state index is 0.0305. The number of aryl methyl sites for hydroxylation is 2. The molecule has 0 saturated carbocycles. The first kappa shape index (κ1) is 23.8. The van der Waals surface area contributed by atoms with E-state index < -0.39 is 0 Å². The molecule has 2 aliphatic heterocycles. The first-order valence-electron chi connectivity index (χ1n) is 11.5. The highest BCUT2D eigenvalue weighted by atomic mass is 16.6. The quantitative estimate of drug-likeness (QED) is 0.395. The highest BCUT2D eigenvalue weighted by molar-refractivity contribution is 6.00. The molecule has 0 spiro atoms. The van der Waals surface area contributed by atoms with Crippen LogP contribution >= 0.6 is 0 Å². The van der Waals surface area contributed by atoms with E-state index >= 15 is 0 Å². The van der Waals surface area contributed by atoms with Crippen molar-refractivity contribution >= 4 is 17.6 Å². The maximum atomic E-state index is 12.8. The largest absolute Gasteiger partial charge is 0.458 e. The van der Waals surface area contributed by atoms with Gasteiger partial charge >= 0.3 is 5.97 Å². The maximum Gasteiger partial charge on any atom is 0.339 e. The van der Waals surface area contributed by atoms with E-state index in [1.807, 2.05) is 49.1 Å². The van der Waals surface area contributed by atoms with Crippen LogP contribution in [-0.2, 0) is 20.8 Å². The van der Waals surface area contributed by atoms with Crippen molar-refractivity contribution < 1.29 is 19.2 Å². The fourth-order valence-corrected chi connectivity index (χ4v) is 4.19. The van der Waals surface area contributed by atoms with Crippen molar-refractivity contribution in [2.24, 2.45) is 11.1 Å². The van der Waals surface area contributed by atoms with E-state index in [9.17, 15) is 9.59 Å². The van der Waals surface area contributed by atoms with Gasteiger partial charge in [-0.15, -0.1) is 0 Å². The molecule has 1 saturated heterocycles. The number of esters is 1. The van der Waals surface area contributed by atoms with Crippen LogP contribution in [0.5, 0.6) is 0 Å². The average Bonchev–Trinajstić information content (AvgIpc) is 2.77. The van der Waals surface area contributed by atoms with Crippen LogP contribution < -0.4 is 0 Å². The van der Waals surface area contributed by atoms with Gasteiger partial charge in [0.2, 0.25) is 0 Å². The van der Waals surface area contributed by atoms with Gasteiger partial charge < -0.3 is 14.5 Å². The Morgan fingerprint density at radius 1 is 1.19 bits per heavy atom. The highest BCUT2D eigenvalue weighted by Gasteiger charge is 2.19. The molecule has 1 aromatic rings. The fraction of sp³-hybridized carbons (Fsp3) is 0.500. The van der Waals surface area contributed by atoms with E-state index in [2.05, 4.69) is 18.2 Å². The second-order valence-electron chi connectivity index (χ2n) is 8.73. The van der Waals surface area contributed by atoms with Gasteiger partial charge in [0.05, 0.1) is 11.3 Å². The maximum absolute atomic E-state index is 12.8. The summed E-state index contributed by atoms with van der Waals surface area (Å²) in [6.45, 7) is 7.79. The molecule has 0 N–H and O–H groups in total. The Morgan fingerprint density at radius 2 is 1.97 bits per heavy atom. The lowest BCUT2D eigenvalue weighted by Crippen LogP contribution is -2.37. The molecule has 0 aliphatic carbocycles. The SMILES string of the molecule is Cc1cc(C)c2c(c1)CC(=N\OCC(=O)N1CCCCC1)/C=C/CC(C)C=CCOC2=O. The Labute approximate surface area is 190 Å². The molecule has 172 valence electrons. The van der Waals surface area contributed by atoms with Crippen molar-refractivity contribution in [1.82, 2.24) is 4.90 Å². The van der Waals surface area contributed by atoms with Gasteiger partial charge in [-0.1, -0.05) is 48.0 Å². The van der Waals surface area contributed by atoms with Gasteiger partial charge in [0.25, 0.3) is 5.91 Å². The molecule has 0 radical (unpaired) electrons. The fourth-order valence-electron chi connectivity index (χ4n) is 4.19. The summed E-state index contributed by atoms with van der Waals surface area (Å²) in [6, 6.07) is 3.97. The summed E-state index contributed by atoms with van der Waals surface area (Å²) in [5.74, 6) is -0.0596. The van der Waals surface area contributed by atoms with Gasteiger partial charge in [0.15, 0.2) is 6.61 Å². The number of allylic oxidation sites excluding steroid dienone is 3. The number of amides is 1. The van der Waals surface area contributed by atoms with E-state index in [4.69, 9.17) is 9.57 Å². The van der Waals surface area contributed by atoms with Crippen molar-refractivity contribution in [2.75, 3.05) is 26.3 Å². The Bertz CT molecular complexity index is 911. The molecule has 0 aromatic heterocycles. The first-order valence-corrected chi connectivity index (χ1v) is 11.5. The van der Waals surface area contributed by atoms with E-state index in [0.717, 1.165) is 49.0 Å². The number of likely N-dealkylation sites (tertiary alicyclic amines) is 1.